The molecule has 4 fully saturated rings. The number of H-pyrrole nitrogens is 1. The molecule has 0 saturated carbocycles. The highest BCUT2D eigenvalue weighted by Gasteiger charge is 2.41. The fraction of sp³-hybridized carbons (Fsp3) is 0.560. The lowest BCUT2D eigenvalue weighted by Gasteiger charge is -2.33. The Bertz CT molecular complexity index is 4370. The fourth-order valence-corrected chi connectivity index (χ4v) is 14.8. The van der Waals surface area contributed by atoms with Crippen LogP contribution in [0.1, 0.15) is 80.5 Å². The number of aliphatic carboxylic acids is 4. The molecule has 0 bridgehead atoms. The van der Waals surface area contributed by atoms with Crippen molar-refractivity contribution >= 4 is 112 Å². The summed E-state index contributed by atoms with van der Waals surface area (Å²) >= 11 is 0. The van der Waals surface area contributed by atoms with E-state index in [0.717, 1.165) is 9.80 Å². The maximum atomic E-state index is 15.4. The Morgan fingerprint density at radius 3 is 1.66 bits per heavy atom. The van der Waals surface area contributed by atoms with Gasteiger partial charge in [0.15, 0.2) is 0 Å². The van der Waals surface area contributed by atoms with Crippen molar-refractivity contribution in [3.05, 3.63) is 107 Å². The molecule has 8 rings (SSSR count). The third-order valence-corrected chi connectivity index (χ3v) is 21.7. The van der Waals surface area contributed by atoms with Crippen LogP contribution in [0.3, 0.4) is 0 Å². The van der Waals surface area contributed by atoms with Gasteiger partial charge in [-0.2, -0.15) is 0 Å². The molecule has 43 nitrogen and oxygen atoms in total. The minimum absolute atomic E-state index is 0.00928. The number of aromatic amines is 1. The van der Waals surface area contributed by atoms with Crippen molar-refractivity contribution in [3.8, 4) is 0 Å². The van der Waals surface area contributed by atoms with Crippen LogP contribution in [0.2, 0.25) is 0 Å². The number of ether oxygens (including phenoxy) is 3. The lowest BCUT2D eigenvalue weighted by atomic mass is 10.00. The molecule has 4 saturated heterocycles. The van der Waals surface area contributed by atoms with E-state index < -0.39 is 163 Å². The summed E-state index contributed by atoms with van der Waals surface area (Å²) in [5, 5.41) is 68.0. The first kappa shape index (κ1) is 100. The van der Waals surface area contributed by atoms with Crippen molar-refractivity contribution < 1.29 is 116 Å². The Labute approximate surface area is 733 Å². The van der Waals surface area contributed by atoms with E-state index in [0.29, 0.717) is 91.9 Å². The predicted molar refractivity (Wildman–Crippen MR) is 454 cm³/mol. The number of rotatable bonds is 36. The number of unbranched alkanes of at least 4 members (excludes halogenated alkanes) is 1. The summed E-state index contributed by atoms with van der Waals surface area (Å²) in [6, 6.07) is 11.1. The quantitative estimate of drug-likeness (QED) is 0.0191. The van der Waals surface area contributed by atoms with E-state index >= 15 is 14.4 Å². The van der Waals surface area contributed by atoms with Crippen LogP contribution in [0.4, 0.5) is 4.79 Å². The van der Waals surface area contributed by atoms with Crippen LogP contribution >= 0.6 is 0 Å². The van der Waals surface area contributed by atoms with Crippen molar-refractivity contribution in [2.75, 3.05) is 178 Å². The first-order chi connectivity index (χ1) is 61.0. The molecule has 4 aliphatic heterocycles. The molecule has 0 radical (unpaired) electrons. The summed E-state index contributed by atoms with van der Waals surface area (Å²) in [5.41, 5.74) is 2.81. The summed E-state index contributed by atoms with van der Waals surface area (Å²) in [7, 11) is 1.31. The smallest absolute Gasteiger partial charge is 0.317 e. The van der Waals surface area contributed by atoms with E-state index in [1.54, 1.807) is 99.8 Å². The summed E-state index contributed by atoms with van der Waals surface area (Å²) in [5.74, 6) is -14.5. The van der Waals surface area contributed by atoms with Crippen molar-refractivity contribution in [3.63, 3.8) is 0 Å². The zero-order chi connectivity index (χ0) is 91.7. The van der Waals surface area contributed by atoms with Crippen LogP contribution < -0.4 is 58.5 Å². The molecule has 0 aliphatic carbocycles. The maximum Gasteiger partial charge on any atom is 0.317 e. The summed E-state index contributed by atoms with van der Waals surface area (Å²) in [4.78, 5) is 245. The Morgan fingerprint density at radius 1 is 0.457 bits per heavy atom. The highest BCUT2D eigenvalue weighted by Crippen LogP contribution is 2.23. The number of nitrogens with one attached hydrogen (secondary N) is 12. The average Bonchev–Trinajstić information content (AvgIpc) is 1.72. The molecule has 0 spiro atoms. The molecule has 0 unspecified atom stereocenters. The molecular weight excluding hydrogens is 1660 g/mol. The number of likely N-dealkylation sites (N-methyl/N-ethyl adjacent to an activating group) is 1. The van der Waals surface area contributed by atoms with Gasteiger partial charge in [0.2, 0.25) is 70.9 Å². The van der Waals surface area contributed by atoms with E-state index in [9.17, 15) is 87.5 Å². The van der Waals surface area contributed by atoms with E-state index in [-0.39, 0.29) is 169 Å². The van der Waals surface area contributed by atoms with Gasteiger partial charge in [0, 0.05) is 148 Å². The molecule has 3 aromatic carbocycles. The second-order valence-electron chi connectivity index (χ2n) is 31.4. The number of para-hydroxylation sites is 1. The van der Waals surface area contributed by atoms with Crippen LogP contribution in [0.15, 0.2) is 85.1 Å². The minimum Gasteiger partial charge on any atom is -0.481 e. The number of carbonyl (C=O) groups is 17. The summed E-state index contributed by atoms with van der Waals surface area (Å²) in [6.45, 7) is 2.39. The van der Waals surface area contributed by atoms with Gasteiger partial charge < -0.3 is 113 Å². The monoisotopic (exact) mass is 1780 g/mol. The van der Waals surface area contributed by atoms with Gasteiger partial charge in [0.05, 0.1) is 72.1 Å². The molecule has 1 aromatic heterocycles. The molecule has 16 N–H and O–H groups in total. The SMILES string of the molecule is CCCOCC[C@@H]1NC(=O)[C@H](Cc2ccc(CNC(=O)COCCOCCNC(=O)CN3CCN(CC(=O)O)CCN(CC(=O)O)CC3)cc2)NC(=O)[C@H](Cc2ccccc2)N(C)C(=O)CNC(=O)CNC(=O)[C@H]2CCCN2C(=O)[C@H](CC(=O)O)NC(=O)[C@H](CCCCNC(=O)N2CCN(CC(=O)O)CC2)NC(=O)CNC(=O)[C@H](Cc2c[nH]c3ccccc23)NC1=O. The Hall–Kier alpha value is -12.3. The number of urea groups is 1. The van der Waals surface area contributed by atoms with Crippen LogP contribution in [0.5, 0.6) is 0 Å². The minimum atomic E-state index is -1.83. The van der Waals surface area contributed by atoms with E-state index in [1.165, 1.54) is 11.9 Å². The number of nitrogens with zero attached hydrogens (tertiary/aromatic N) is 7. The third-order valence-electron chi connectivity index (χ3n) is 21.7. The molecule has 43 heteroatoms. The standard InChI is InChI=1S/C84H119N19O24/c1-3-36-125-37-22-62-79(119)94-64(43-58-46-87-60-15-8-7-14-59(58)60)77(117)90-48-69(105)92-61(16-9-10-23-86-84(124)102-34-32-101(33-35-102)53-76(115)116)78(118)96-65(44-73(109)110)83(123)103-25-11-17-66(103)81(121)91-47-68(104)89-49-72(108)97(2)67(42-55-12-5-4-6-13-55)82(122)95-63(80(120)93-62)41-56-18-20-57(21-19-56)45-88-71(107)54-127-40-39-126-38-24-85-70(106)50-98-26-28-99(51-74(111)112)30-31-100(29-27-98)52-75(113)114/h4-8,12-15,18-21,46,61-67,87H,3,9-11,16-17,22-45,47-54H2,1-2H3,(H,85,106)(H,86,124)(H,88,107)(H,89,104)(H,90,117)(H,91,121)(H,92,105)(H,93,120)(H,94,119)(H,95,122)(H,96,118)(H,109,110)(H,111,112)(H,113,114)(H,115,116)/t61-,62-,63-,64-,65-,66+,67-/m0/s1. The van der Waals surface area contributed by atoms with E-state index in [4.69, 9.17) is 14.2 Å². The van der Waals surface area contributed by atoms with Crippen molar-refractivity contribution in [1.82, 2.24) is 97.8 Å². The Balaban J connectivity index is 0.992. The molecule has 7 atom stereocenters. The molecule has 127 heavy (non-hydrogen) atoms. The van der Waals surface area contributed by atoms with Gasteiger partial charge in [-0.25, -0.2) is 4.79 Å². The van der Waals surface area contributed by atoms with Crippen molar-refractivity contribution in [2.45, 2.75) is 126 Å². The zero-order valence-corrected chi connectivity index (χ0v) is 71.6. The predicted octanol–water partition coefficient (Wildman–Crippen LogP) is -4.47. The Kier molecular flexibility index (Phi) is 41.5. The average molecular weight is 1780 g/mol. The third kappa shape index (κ3) is 34.9. The van der Waals surface area contributed by atoms with E-state index in [1.807, 2.05) is 11.8 Å². The number of piperazine rings is 1. The van der Waals surface area contributed by atoms with Gasteiger partial charge in [-0.05, 0) is 73.3 Å². The number of carboxylic acids is 4. The molecule has 5 heterocycles. The van der Waals surface area contributed by atoms with Crippen molar-refractivity contribution in [1.29, 1.82) is 0 Å². The maximum absolute atomic E-state index is 15.4. The van der Waals surface area contributed by atoms with Crippen LogP contribution in [0.25, 0.3) is 10.9 Å². The van der Waals surface area contributed by atoms with Gasteiger partial charge in [-0.1, -0.05) is 79.7 Å². The number of fused-ring (bicyclic) bond motifs is 2. The fourth-order valence-electron chi connectivity index (χ4n) is 14.8. The zero-order valence-electron chi connectivity index (χ0n) is 71.6. The van der Waals surface area contributed by atoms with E-state index in [2.05, 4.69) is 63.5 Å². The number of aromatic nitrogens is 1. The van der Waals surface area contributed by atoms with Gasteiger partial charge in [-0.3, -0.25) is 96.3 Å². The first-order valence-electron chi connectivity index (χ1n) is 42.6. The number of hydrogen-bond acceptors (Lipinski definition) is 24. The number of benzene rings is 3. The molecular formula is C84H119N19O24. The van der Waals surface area contributed by atoms with Gasteiger partial charge in [0.1, 0.15) is 48.9 Å². The second-order valence-corrected chi connectivity index (χ2v) is 31.4. The number of amides is 14. The van der Waals surface area contributed by atoms with Gasteiger partial charge in [-0.15, -0.1) is 0 Å². The number of carbonyl (C=O) groups excluding carboxylic acids is 13. The molecule has 14 amide bonds. The molecule has 4 aliphatic rings. The molecule has 694 valence electrons. The lowest BCUT2D eigenvalue weighted by Crippen LogP contribution is -2.60. The second kappa shape index (κ2) is 52.6. The topological polar surface area (TPSA) is 570 Å². The molecule has 4 aromatic rings. The van der Waals surface area contributed by atoms with Gasteiger partial charge in [0.25, 0.3) is 0 Å². The number of hydrogen-bond donors (Lipinski definition) is 16. The number of carboxylic acid groups (broad SMARTS) is 4. The summed E-state index contributed by atoms with van der Waals surface area (Å²) in [6.07, 6.45) is 0.740. The first-order valence-corrected chi connectivity index (χ1v) is 42.6. The van der Waals surface area contributed by atoms with Crippen LogP contribution in [-0.2, 0) is 117 Å². The summed E-state index contributed by atoms with van der Waals surface area (Å²) < 4.78 is 17.0. The van der Waals surface area contributed by atoms with Crippen molar-refractivity contribution in [2.24, 2.45) is 0 Å². The highest BCUT2D eigenvalue weighted by molar-refractivity contribution is 6.00. The largest absolute Gasteiger partial charge is 0.481 e. The highest BCUT2D eigenvalue weighted by atomic mass is 16.5. The van der Waals surface area contributed by atoms with Crippen LogP contribution in [0, 0.1) is 0 Å². The van der Waals surface area contributed by atoms with Crippen LogP contribution in [-0.4, -0.2) is 380 Å². The lowest BCUT2D eigenvalue weighted by molar-refractivity contribution is -0.146. The Morgan fingerprint density at radius 2 is 1.01 bits per heavy atom. The van der Waals surface area contributed by atoms with Gasteiger partial charge >= 0.3 is 29.9 Å². The normalized spacial score (nSPS) is 21.1.